The predicted molar refractivity (Wildman–Crippen MR) is 203 cm³/mol. The highest BCUT2D eigenvalue weighted by Crippen LogP contribution is 2.47. The highest BCUT2D eigenvalue weighted by Gasteiger charge is 2.51. The number of phosphoric acid groups is 1. The summed E-state index contributed by atoms with van der Waals surface area (Å²) >= 11 is 0. The Morgan fingerprint density at radius 1 is 0.509 bits per heavy atom. The molecule has 0 aromatic heterocycles. The van der Waals surface area contributed by atoms with Crippen LogP contribution in [0.25, 0.3) is 0 Å². The van der Waals surface area contributed by atoms with E-state index in [4.69, 9.17) is 18.5 Å². The fourth-order valence-electron chi connectivity index (χ4n) is 6.52. The molecule has 1 fully saturated rings. The van der Waals surface area contributed by atoms with E-state index in [0.29, 0.717) is 12.8 Å². The predicted octanol–water partition coefficient (Wildman–Crippen LogP) is 6.94. The summed E-state index contributed by atoms with van der Waals surface area (Å²) in [4.78, 5) is 35.4. The van der Waals surface area contributed by atoms with Crippen LogP contribution in [0.5, 0.6) is 0 Å². The van der Waals surface area contributed by atoms with E-state index < -0.39 is 75.7 Å². The minimum absolute atomic E-state index is 0.104. The van der Waals surface area contributed by atoms with Gasteiger partial charge in [-0.2, -0.15) is 0 Å². The van der Waals surface area contributed by atoms with E-state index in [1.807, 2.05) is 0 Å². The Bertz CT molecular complexity index is 954. The van der Waals surface area contributed by atoms with Crippen LogP contribution in [0.4, 0.5) is 0 Å². The average molecular weight is 783 g/mol. The average Bonchev–Trinajstić information content (AvgIpc) is 3.13. The maximum absolute atomic E-state index is 12.7. The highest BCUT2D eigenvalue weighted by molar-refractivity contribution is 7.47. The topological polar surface area (TPSA) is 210 Å². The first-order valence-electron chi connectivity index (χ1n) is 20.8. The van der Waals surface area contributed by atoms with Crippen LogP contribution >= 0.6 is 7.82 Å². The van der Waals surface area contributed by atoms with Gasteiger partial charge in [-0.25, -0.2) is 4.57 Å². The summed E-state index contributed by atoms with van der Waals surface area (Å²) in [6.45, 7) is 3.24. The monoisotopic (exact) mass is 782 g/mol. The summed E-state index contributed by atoms with van der Waals surface area (Å²) in [5.74, 6) is -1.10. The van der Waals surface area contributed by atoms with Crippen LogP contribution in [0.2, 0.25) is 0 Å². The minimum Gasteiger partial charge on any atom is -0.462 e. The molecule has 13 nitrogen and oxygen atoms in total. The number of rotatable bonds is 34. The zero-order valence-electron chi connectivity index (χ0n) is 32.8. The molecular weight excluding hydrogens is 707 g/mol. The lowest BCUT2D eigenvalue weighted by Crippen LogP contribution is -2.64. The van der Waals surface area contributed by atoms with Crippen molar-refractivity contribution >= 4 is 19.8 Å². The third-order valence-electron chi connectivity index (χ3n) is 9.95. The largest absolute Gasteiger partial charge is 0.472 e. The minimum atomic E-state index is -5.10. The third-order valence-corrected chi connectivity index (χ3v) is 10.9. The number of esters is 2. The molecule has 0 heterocycles. The van der Waals surface area contributed by atoms with Gasteiger partial charge in [0.05, 0.1) is 6.61 Å². The Morgan fingerprint density at radius 2 is 0.849 bits per heavy atom. The molecule has 6 N–H and O–H groups in total. The Hall–Kier alpha value is -1.15. The zero-order valence-corrected chi connectivity index (χ0v) is 33.7. The Labute approximate surface area is 319 Å². The lowest BCUT2D eigenvalue weighted by atomic mass is 9.85. The van der Waals surface area contributed by atoms with E-state index in [2.05, 4.69) is 13.8 Å². The van der Waals surface area contributed by atoms with Crippen molar-refractivity contribution < 1.29 is 63.1 Å². The maximum Gasteiger partial charge on any atom is 0.472 e. The van der Waals surface area contributed by atoms with E-state index in [9.17, 15) is 44.6 Å². The number of carbonyl (C=O) groups is 2. The summed E-state index contributed by atoms with van der Waals surface area (Å²) in [5.41, 5.74) is 0. The van der Waals surface area contributed by atoms with Gasteiger partial charge in [0.1, 0.15) is 43.2 Å². The lowest BCUT2D eigenvalue weighted by molar-refractivity contribution is -0.220. The van der Waals surface area contributed by atoms with Crippen LogP contribution < -0.4 is 0 Å². The summed E-state index contributed by atoms with van der Waals surface area (Å²) < 4.78 is 33.3. The summed E-state index contributed by atoms with van der Waals surface area (Å²) in [6, 6.07) is 0. The van der Waals surface area contributed by atoms with Crippen LogP contribution in [-0.2, 0) is 32.7 Å². The summed E-state index contributed by atoms with van der Waals surface area (Å²) in [5, 5.41) is 49.9. The first-order valence-corrected chi connectivity index (χ1v) is 22.3. The molecule has 0 aromatic carbocycles. The molecule has 314 valence electrons. The van der Waals surface area contributed by atoms with Gasteiger partial charge in [0, 0.05) is 12.8 Å². The molecule has 6 unspecified atom stereocenters. The molecular formula is C39H75O13P. The van der Waals surface area contributed by atoms with Gasteiger partial charge in [0.2, 0.25) is 0 Å². The molecule has 0 aromatic rings. The normalized spacial score (nSPS) is 23.4. The summed E-state index contributed by atoms with van der Waals surface area (Å²) in [7, 11) is -5.10. The molecule has 0 saturated heterocycles. The van der Waals surface area contributed by atoms with E-state index in [1.54, 1.807) is 0 Å². The Balaban J connectivity index is 2.44. The molecule has 1 aliphatic rings. The van der Waals surface area contributed by atoms with Gasteiger partial charge in [0.25, 0.3) is 0 Å². The molecule has 1 rings (SSSR count). The standard InChI is InChI=1S/C39H75O13P/c1-3-5-7-9-11-12-13-14-15-16-17-18-19-20-22-24-26-28-33(41)51-31(29-49-32(40)27-25-23-21-10-8-6-4-2)30-50-53(47,48)52-39-37(45)35(43)34(42)36(44)38(39)46/h31,34-39,42-46H,3-30H2,1-2H3,(H,47,48). The Kier molecular flexibility index (Phi) is 29.2. The molecule has 6 atom stereocenters. The van der Waals surface area contributed by atoms with Crippen molar-refractivity contribution in [2.24, 2.45) is 0 Å². The van der Waals surface area contributed by atoms with Crippen molar-refractivity contribution in [2.45, 2.75) is 224 Å². The fourth-order valence-corrected chi connectivity index (χ4v) is 7.50. The number of carbonyl (C=O) groups excluding carboxylic acids is 2. The van der Waals surface area contributed by atoms with Crippen molar-refractivity contribution in [1.82, 2.24) is 0 Å². The number of hydrogen-bond donors (Lipinski definition) is 6. The van der Waals surface area contributed by atoms with Crippen LogP contribution in [0, 0.1) is 0 Å². The lowest BCUT2D eigenvalue weighted by Gasteiger charge is -2.41. The van der Waals surface area contributed by atoms with Gasteiger partial charge >= 0.3 is 19.8 Å². The van der Waals surface area contributed by atoms with Crippen molar-refractivity contribution in [3.63, 3.8) is 0 Å². The summed E-state index contributed by atoms with van der Waals surface area (Å²) in [6.07, 6.45) is 14.9. The maximum atomic E-state index is 12.7. The number of phosphoric ester groups is 1. The SMILES string of the molecule is CCCCCCCCCCCCCCCCCCCC(=O)OC(COC(=O)CCCCCCCCC)COP(=O)(O)OC1C(O)C(O)C(O)C(O)C1O. The van der Waals surface area contributed by atoms with Crippen LogP contribution in [0.3, 0.4) is 0 Å². The second-order valence-electron chi connectivity index (χ2n) is 14.9. The fraction of sp³-hybridized carbons (Fsp3) is 0.949. The van der Waals surface area contributed by atoms with E-state index in [1.165, 1.54) is 89.9 Å². The van der Waals surface area contributed by atoms with E-state index in [-0.39, 0.29) is 12.8 Å². The first kappa shape index (κ1) is 49.9. The van der Waals surface area contributed by atoms with Crippen molar-refractivity contribution in [2.75, 3.05) is 13.2 Å². The van der Waals surface area contributed by atoms with Crippen molar-refractivity contribution in [3.05, 3.63) is 0 Å². The zero-order chi connectivity index (χ0) is 39.3. The van der Waals surface area contributed by atoms with Crippen molar-refractivity contribution in [1.29, 1.82) is 0 Å². The smallest absolute Gasteiger partial charge is 0.462 e. The molecule has 0 spiro atoms. The number of ether oxygens (including phenoxy) is 2. The van der Waals surface area contributed by atoms with E-state index in [0.717, 1.165) is 51.4 Å². The second kappa shape index (κ2) is 31.0. The molecule has 0 aliphatic heterocycles. The van der Waals surface area contributed by atoms with Gasteiger partial charge in [-0.05, 0) is 12.8 Å². The number of unbranched alkanes of at least 4 members (excludes halogenated alkanes) is 22. The quantitative estimate of drug-likeness (QED) is 0.0222. The van der Waals surface area contributed by atoms with E-state index >= 15 is 0 Å². The molecule has 14 heteroatoms. The number of aliphatic hydroxyl groups is 5. The molecule has 0 bridgehead atoms. The third kappa shape index (κ3) is 24.2. The molecule has 1 saturated carbocycles. The molecule has 0 amide bonds. The van der Waals surface area contributed by atoms with Gasteiger partial charge in [-0.15, -0.1) is 0 Å². The Morgan fingerprint density at radius 3 is 1.25 bits per heavy atom. The molecule has 53 heavy (non-hydrogen) atoms. The number of hydrogen-bond acceptors (Lipinski definition) is 12. The highest BCUT2D eigenvalue weighted by atomic mass is 31.2. The first-order chi connectivity index (χ1) is 25.4. The van der Waals surface area contributed by atoms with Crippen LogP contribution in [0.15, 0.2) is 0 Å². The van der Waals surface area contributed by atoms with Crippen LogP contribution in [-0.4, -0.2) is 98.3 Å². The molecule has 0 radical (unpaired) electrons. The van der Waals surface area contributed by atoms with Gasteiger partial charge in [-0.1, -0.05) is 155 Å². The second-order valence-corrected chi connectivity index (χ2v) is 16.3. The molecule has 1 aliphatic carbocycles. The number of aliphatic hydroxyl groups excluding tert-OH is 5. The van der Waals surface area contributed by atoms with Crippen molar-refractivity contribution in [3.8, 4) is 0 Å². The van der Waals surface area contributed by atoms with Crippen LogP contribution in [0.1, 0.15) is 181 Å². The van der Waals surface area contributed by atoms with Gasteiger partial charge in [-0.3, -0.25) is 18.6 Å². The van der Waals surface area contributed by atoms with Gasteiger partial charge < -0.3 is 39.9 Å². The van der Waals surface area contributed by atoms with Gasteiger partial charge in [0.15, 0.2) is 6.10 Å².